The van der Waals surface area contributed by atoms with E-state index in [1.807, 2.05) is 23.6 Å². The number of anilines is 1. The third-order valence-electron chi connectivity index (χ3n) is 3.29. The predicted octanol–water partition coefficient (Wildman–Crippen LogP) is 2.63. The summed E-state index contributed by atoms with van der Waals surface area (Å²) in [5.74, 6) is 0.809. The van der Waals surface area contributed by atoms with Crippen molar-refractivity contribution in [2.75, 3.05) is 23.0 Å². The number of hydrogen-bond acceptors (Lipinski definition) is 5. The van der Waals surface area contributed by atoms with Crippen LogP contribution in [0, 0.1) is 10.1 Å². The number of nitrogens with zero attached hydrogens (tertiary/aromatic N) is 2. The average Bonchev–Trinajstić information content (AvgIpc) is 2.45. The van der Waals surface area contributed by atoms with E-state index >= 15 is 0 Å². The van der Waals surface area contributed by atoms with Crippen LogP contribution in [0.2, 0.25) is 0 Å². The topological polar surface area (TPSA) is 83.7 Å². The molecule has 112 valence electrons. The van der Waals surface area contributed by atoms with Gasteiger partial charge in [-0.25, -0.2) is 4.79 Å². The van der Waals surface area contributed by atoms with Crippen LogP contribution in [-0.4, -0.2) is 40.1 Å². The Morgan fingerprint density at radius 1 is 1.57 bits per heavy atom. The van der Waals surface area contributed by atoms with Gasteiger partial charge in [0.25, 0.3) is 5.69 Å². The Balaban J connectivity index is 2.37. The first kappa shape index (κ1) is 15.4. The zero-order chi connectivity index (χ0) is 15.4. The smallest absolute Gasteiger partial charge is 0.328 e. The Labute approximate surface area is 126 Å². The molecule has 1 aliphatic heterocycles. The molecule has 1 aliphatic rings. The Bertz CT molecular complexity index is 588. The summed E-state index contributed by atoms with van der Waals surface area (Å²) in [7, 11) is 0. The summed E-state index contributed by atoms with van der Waals surface area (Å²) in [6.45, 7) is 2.82. The van der Waals surface area contributed by atoms with Crippen LogP contribution in [0.3, 0.4) is 0 Å². The first-order valence-corrected chi connectivity index (χ1v) is 7.68. The molecule has 0 amide bonds. The van der Waals surface area contributed by atoms with E-state index in [1.165, 1.54) is 12.1 Å². The van der Waals surface area contributed by atoms with Gasteiger partial charge in [-0.3, -0.25) is 10.1 Å². The first-order chi connectivity index (χ1) is 9.99. The van der Waals surface area contributed by atoms with E-state index in [0.717, 1.165) is 24.1 Å². The van der Waals surface area contributed by atoms with Crippen LogP contribution in [0.1, 0.15) is 12.5 Å². The average molecular weight is 308 g/mol. The van der Waals surface area contributed by atoms with Gasteiger partial charge in [0.1, 0.15) is 5.69 Å². The Morgan fingerprint density at radius 2 is 2.33 bits per heavy atom. The molecule has 0 aromatic heterocycles. The van der Waals surface area contributed by atoms with E-state index in [-0.39, 0.29) is 11.7 Å². The van der Waals surface area contributed by atoms with E-state index in [1.54, 1.807) is 12.1 Å². The minimum atomic E-state index is -1.08. The molecule has 21 heavy (non-hydrogen) atoms. The molecule has 0 saturated carbocycles. The predicted molar refractivity (Wildman–Crippen MR) is 83.9 cm³/mol. The molecule has 0 bridgehead atoms. The molecule has 1 atom stereocenters. The normalized spacial score (nSPS) is 18.9. The fourth-order valence-corrected chi connectivity index (χ4v) is 3.30. The minimum absolute atomic E-state index is 0.0151. The molecule has 1 unspecified atom stereocenters. The van der Waals surface area contributed by atoms with Crippen molar-refractivity contribution in [2.45, 2.75) is 13.0 Å². The van der Waals surface area contributed by atoms with Crippen molar-refractivity contribution in [3.8, 4) is 0 Å². The van der Waals surface area contributed by atoms with Crippen LogP contribution in [0.5, 0.6) is 0 Å². The molecule has 1 fully saturated rings. The molecule has 1 aromatic carbocycles. The molecule has 0 radical (unpaired) electrons. The number of carbonyl (C=O) groups is 1. The second-order valence-electron chi connectivity index (χ2n) is 4.79. The SMILES string of the molecule is CC1CSCCN1c1ccc(C=CC(=O)O)cc1[N+](=O)[O-]. The zero-order valence-corrected chi connectivity index (χ0v) is 12.4. The highest BCUT2D eigenvalue weighted by molar-refractivity contribution is 7.99. The third-order valence-corrected chi connectivity index (χ3v) is 4.48. The lowest BCUT2D eigenvalue weighted by Crippen LogP contribution is -2.40. The van der Waals surface area contributed by atoms with Gasteiger partial charge in [-0.05, 0) is 24.6 Å². The maximum Gasteiger partial charge on any atom is 0.328 e. The molecular weight excluding hydrogens is 292 g/mol. The van der Waals surface area contributed by atoms with Gasteiger partial charge in [0.15, 0.2) is 0 Å². The van der Waals surface area contributed by atoms with Gasteiger partial charge >= 0.3 is 5.97 Å². The molecule has 0 aliphatic carbocycles. The number of carboxylic acids is 1. The van der Waals surface area contributed by atoms with Crippen molar-refractivity contribution in [2.24, 2.45) is 0 Å². The number of nitro benzene ring substituents is 1. The standard InChI is InChI=1S/C14H16N2O4S/c1-10-9-21-7-6-15(10)12-4-2-11(3-5-14(17)18)8-13(12)16(19)20/h2-5,8,10H,6-7,9H2,1H3,(H,17,18). The van der Waals surface area contributed by atoms with Gasteiger partial charge in [-0.15, -0.1) is 0 Å². The van der Waals surface area contributed by atoms with Gasteiger partial charge < -0.3 is 10.0 Å². The molecule has 1 N–H and O–H groups in total. The number of aliphatic carboxylic acids is 1. The number of hydrogen-bond donors (Lipinski definition) is 1. The van der Waals surface area contributed by atoms with Crippen molar-refractivity contribution in [3.05, 3.63) is 40.0 Å². The lowest BCUT2D eigenvalue weighted by atomic mass is 10.1. The highest BCUT2D eigenvalue weighted by Crippen LogP contribution is 2.33. The lowest BCUT2D eigenvalue weighted by molar-refractivity contribution is -0.384. The second kappa shape index (κ2) is 6.62. The van der Waals surface area contributed by atoms with Crippen molar-refractivity contribution >= 4 is 35.2 Å². The molecule has 2 rings (SSSR count). The third kappa shape index (κ3) is 3.75. The van der Waals surface area contributed by atoms with E-state index in [0.29, 0.717) is 11.3 Å². The minimum Gasteiger partial charge on any atom is -0.478 e. The van der Waals surface area contributed by atoms with Gasteiger partial charge in [0, 0.05) is 36.2 Å². The first-order valence-electron chi connectivity index (χ1n) is 6.53. The van der Waals surface area contributed by atoms with Gasteiger partial charge in [-0.2, -0.15) is 11.8 Å². The number of thioether (sulfide) groups is 1. The van der Waals surface area contributed by atoms with Crippen molar-refractivity contribution < 1.29 is 14.8 Å². The number of rotatable bonds is 4. The maximum atomic E-state index is 11.3. The monoisotopic (exact) mass is 308 g/mol. The summed E-state index contributed by atoms with van der Waals surface area (Å²) in [5, 5.41) is 19.9. The number of nitro groups is 1. The summed E-state index contributed by atoms with van der Waals surface area (Å²) in [6, 6.07) is 5.06. The van der Waals surface area contributed by atoms with Crippen LogP contribution in [0.25, 0.3) is 6.08 Å². The fraction of sp³-hybridized carbons (Fsp3) is 0.357. The molecule has 1 saturated heterocycles. The van der Waals surface area contributed by atoms with E-state index in [2.05, 4.69) is 0 Å². The summed E-state index contributed by atoms with van der Waals surface area (Å²) in [6.07, 6.45) is 2.33. The number of carboxylic acid groups (broad SMARTS) is 1. The van der Waals surface area contributed by atoms with E-state index in [4.69, 9.17) is 5.11 Å². The van der Waals surface area contributed by atoms with Gasteiger partial charge in [0.2, 0.25) is 0 Å². The summed E-state index contributed by atoms with van der Waals surface area (Å²) < 4.78 is 0. The Kier molecular flexibility index (Phi) is 4.85. The lowest BCUT2D eigenvalue weighted by Gasteiger charge is -2.34. The van der Waals surface area contributed by atoms with Crippen LogP contribution >= 0.6 is 11.8 Å². The van der Waals surface area contributed by atoms with E-state index in [9.17, 15) is 14.9 Å². The molecular formula is C14H16N2O4S. The van der Waals surface area contributed by atoms with Gasteiger partial charge in [0.05, 0.1) is 4.92 Å². The van der Waals surface area contributed by atoms with Gasteiger partial charge in [-0.1, -0.05) is 6.07 Å². The Morgan fingerprint density at radius 3 is 2.95 bits per heavy atom. The highest BCUT2D eigenvalue weighted by atomic mass is 32.2. The molecule has 0 spiro atoms. The molecule has 1 aromatic rings. The maximum absolute atomic E-state index is 11.3. The summed E-state index contributed by atoms with van der Waals surface area (Å²) in [5.41, 5.74) is 1.12. The van der Waals surface area contributed by atoms with Crippen LogP contribution in [0.15, 0.2) is 24.3 Å². The molecule has 7 heteroatoms. The molecule has 6 nitrogen and oxygen atoms in total. The van der Waals surface area contributed by atoms with Crippen LogP contribution < -0.4 is 4.90 Å². The second-order valence-corrected chi connectivity index (χ2v) is 5.94. The summed E-state index contributed by atoms with van der Waals surface area (Å²) in [4.78, 5) is 23.4. The molecule has 1 heterocycles. The summed E-state index contributed by atoms with van der Waals surface area (Å²) >= 11 is 1.84. The zero-order valence-electron chi connectivity index (χ0n) is 11.6. The van der Waals surface area contributed by atoms with Crippen molar-refractivity contribution in [3.63, 3.8) is 0 Å². The van der Waals surface area contributed by atoms with Crippen molar-refractivity contribution in [1.29, 1.82) is 0 Å². The largest absolute Gasteiger partial charge is 0.478 e. The van der Waals surface area contributed by atoms with Crippen LogP contribution in [0.4, 0.5) is 11.4 Å². The van der Waals surface area contributed by atoms with E-state index < -0.39 is 10.9 Å². The number of benzene rings is 1. The quantitative estimate of drug-likeness (QED) is 0.523. The Hall–Kier alpha value is -2.02. The van der Waals surface area contributed by atoms with Crippen LogP contribution in [-0.2, 0) is 4.79 Å². The highest BCUT2D eigenvalue weighted by Gasteiger charge is 2.25. The fourth-order valence-electron chi connectivity index (χ4n) is 2.29. The van der Waals surface area contributed by atoms with Crippen molar-refractivity contribution in [1.82, 2.24) is 0 Å².